The van der Waals surface area contributed by atoms with Crippen molar-refractivity contribution in [2.24, 2.45) is 5.14 Å². The van der Waals surface area contributed by atoms with E-state index in [1.54, 1.807) is 23.2 Å². The molecule has 1 aliphatic heterocycles. The number of sulfonamides is 1. The average molecular weight is 477 g/mol. The number of aliphatic hydroxyl groups excluding tert-OH is 2. The summed E-state index contributed by atoms with van der Waals surface area (Å²) in [5.41, 5.74) is -0.0892. The van der Waals surface area contributed by atoms with Gasteiger partial charge >= 0.3 is 0 Å². The Morgan fingerprint density at radius 1 is 1.33 bits per heavy atom. The Hall–Kier alpha value is -1.38. The summed E-state index contributed by atoms with van der Waals surface area (Å²) >= 11 is 7.00. The van der Waals surface area contributed by atoms with E-state index in [1.807, 2.05) is 18.7 Å². The number of nitrogens with two attached hydrogens (primary N) is 1. The van der Waals surface area contributed by atoms with Gasteiger partial charge in [0.25, 0.3) is 0 Å². The molecule has 13 heteroatoms. The van der Waals surface area contributed by atoms with Gasteiger partial charge < -0.3 is 15.1 Å². The monoisotopic (exact) mass is 476 g/mol. The molecule has 5 N–H and O–H groups in total. The van der Waals surface area contributed by atoms with E-state index in [9.17, 15) is 18.6 Å². The molecule has 10 nitrogen and oxygen atoms in total. The smallest absolute Gasteiger partial charge is 0.247 e. The third-order valence-corrected chi connectivity index (χ3v) is 7.73. The number of aromatic nitrogens is 2. The molecule has 0 saturated carbocycles. The molecule has 2 aromatic rings. The van der Waals surface area contributed by atoms with Crippen LogP contribution in [0.15, 0.2) is 28.6 Å². The zero-order valence-corrected chi connectivity index (χ0v) is 19.0. The third-order valence-electron chi connectivity index (χ3n) is 5.02. The van der Waals surface area contributed by atoms with Gasteiger partial charge in [0.1, 0.15) is 10.4 Å². The highest BCUT2D eigenvalue weighted by molar-refractivity contribution is 7.91. The molecule has 0 spiro atoms. The fourth-order valence-corrected chi connectivity index (χ4v) is 5.11. The van der Waals surface area contributed by atoms with Gasteiger partial charge in [0.2, 0.25) is 16.0 Å². The number of nitrogens with one attached hydrogen (secondary N) is 1. The fourth-order valence-electron chi connectivity index (χ4n) is 3.21. The van der Waals surface area contributed by atoms with Gasteiger partial charge in [0.15, 0.2) is 6.35 Å². The summed E-state index contributed by atoms with van der Waals surface area (Å²) in [5, 5.41) is 28.2. The van der Waals surface area contributed by atoms with E-state index in [0.29, 0.717) is 42.0 Å². The number of primary sulfonamides is 1. The molecule has 2 aromatic heterocycles. The summed E-state index contributed by atoms with van der Waals surface area (Å²) in [4.78, 5) is 13.2. The van der Waals surface area contributed by atoms with Gasteiger partial charge in [0, 0.05) is 31.7 Å². The van der Waals surface area contributed by atoms with Gasteiger partial charge in [-0.3, -0.25) is 10.2 Å². The maximum absolute atomic E-state index is 11.5. The van der Waals surface area contributed by atoms with Crippen molar-refractivity contribution in [1.29, 1.82) is 0 Å². The van der Waals surface area contributed by atoms with Gasteiger partial charge in [0.05, 0.1) is 16.1 Å². The van der Waals surface area contributed by atoms with Crippen LogP contribution < -0.4 is 15.4 Å². The predicted molar refractivity (Wildman–Crippen MR) is 116 cm³/mol. The van der Waals surface area contributed by atoms with Crippen molar-refractivity contribution in [3.8, 4) is 10.6 Å². The highest BCUT2D eigenvalue weighted by Gasteiger charge is 2.45. The lowest BCUT2D eigenvalue weighted by Crippen LogP contribution is -2.50. The highest BCUT2D eigenvalue weighted by Crippen LogP contribution is 2.30. The Balaban J connectivity index is 1.80. The first-order valence-electron chi connectivity index (χ1n) is 9.20. The molecule has 2 unspecified atom stereocenters. The lowest BCUT2D eigenvalue weighted by Gasteiger charge is -2.35. The summed E-state index contributed by atoms with van der Waals surface area (Å²) in [7, 11) is -3.77. The maximum Gasteiger partial charge on any atom is 0.247 e. The molecule has 166 valence electrons. The third kappa shape index (κ3) is 4.92. The van der Waals surface area contributed by atoms with E-state index in [1.165, 1.54) is 6.07 Å². The van der Waals surface area contributed by atoms with Gasteiger partial charge in [-0.15, -0.1) is 22.9 Å². The van der Waals surface area contributed by atoms with Crippen LogP contribution in [0.2, 0.25) is 0 Å². The predicted octanol–water partition coefficient (Wildman–Crippen LogP) is 0.176. The van der Waals surface area contributed by atoms with Crippen molar-refractivity contribution in [2.45, 2.75) is 36.2 Å². The molecule has 3 rings (SSSR count). The molecule has 0 amide bonds. The van der Waals surface area contributed by atoms with Crippen LogP contribution in [0.1, 0.15) is 13.8 Å². The largest absolute Gasteiger partial charge is 0.377 e. The molecule has 3 heterocycles. The van der Waals surface area contributed by atoms with Crippen LogP contribution in [0.25, 0.3) is 10.6 Å². The van der Waals surface area contributed by atoms with Crippen LogP contribution in [0.5, 0.6) is 0 Å². The van der Waals surface area contributed by atoms with Gasteiger partial charge in [-0.1, -0.05) is 0 Å². The van der Waals surface area contributed by atoms with E-state index in [2.05, 4.69) is 15.3 Å². The number of anilines is 1. The minimum atomic E-state index is -3.77. The number of rotatable bonds is 8. The fraction of sp³-hybridized carbons (Fsp3) is 0.529. The molecule has 1 aliphatic rings. The van der Waals surface area contributed by atoms with E-state index >= 15 is 0 Å². The number of aliphatic hydroxyl groups is 2. The van der Waals surface area contributed by atoms with Crippen molar-refractivity contribution in [3.05, 3.63) is 24.4 Å². The van der Waals surface area contributed by atoms with Crippen LogP contribution in [0, 0.1) is 0 Å². The topological polar surface area (TPSA) is 145 Å². The van der Waals surface area contributed by atoms with Crippen molar-refractivity contribution < 1.29 is 18.6 Å². The molecule has 1 saturated heterocycles. The Labute approximate surface area is 184 Å². The van der Waals surface area contributed by atoms with E-state index in [0.717, 1.165) is 11.3 Å². The molecule has 0 bridgehead atoms. The SMILES string of the molecule is CC1(C)C(O)NC(O)N1CCN(CCCl)c1nccc(-c2ccc(S(N)(=O)=O)s2)n1. The molecule has 0 aromatic carbocycles. The maximum atomic E-state index is 11.5. The average Bonchev–Trinajstić information content (AvgIpc) is 3.24. The number of hydrogen-bond donors (Lipinski definition) is 4. The van der Waals surface area contributed by atoms with Crippen molar-refractivity contribution in [1.82, 2.24) is 20.2 Å². The van der Waals surface area contributed by atoms with E-state index in [4.69, 9.17) is 16.7 Å². The second kappa shape index (κ2) is 9.01. The van der Waals surface area contributed by atoms with Gasteiger partial charge in [-0.05, 0) is 32.0 Å². The minimum Gasteiger partial charge on any atom is -0.377 e. The zero-order valence-electron chi connectivity index (χ0n) is 16.6. The molecule has 1 fully saturated rings. The van der Waals surface area contributed by atoms with Gasteiger partial charge in [-0.25, -0.2) is 23.5 Å². The van der Waals surface area contributed by atoms with Crippen LogP contribution in [0.4, 0.5) is 5.95 Å². The number of hydrogen-bond acceptors (Lipinski definition) is 10. The Morgan fingerprint density at radius 2 is 2.07 bits per heavy atom. The lowest BCUT2D eigenvalue weighted by molar-refractivity contribution is -0.0201. The first kappa shape index (κ1) is 23.3. The first-order chi connectivity index (χ1) is 14.0. The molecule has 0 aliphatic carbocycles. The summed E-state index contributed by atoms with van der Waals surface area (Å²) < 4.78 is 23.1. The molecule has 0 radical (unpaired) electrons. The van der Waals surface area contributed by atoms with Gasteiger partial charge in [-0.2, -0.15) is 0 Å². The quantitative estimate of drug-likeness (QED) is 0.392. The Kier molecular flexibility index (Phi) is 6.99. The first-order valence-corrected chi connectivity index (χ1v) is 12.1. The number of nitrogens with zero attached hydrogens (tertiary/aromatic N) is 4. The summed E-state index contributed by atoms with van der Waals surface area (Å²) in [5.74, 6) is 0.772. The summed E-state index contributed by atoms with van der Waals surface area (Å²) in [6.07, 6.45) is -0.238. The lowest BCUT2D eigenvalue weighted by atomic mass is 10.0. The van der Waals surface area contributed by atoms with E-state index < -0.39 is 28.1 Å². The second-order valence-electron chi connectivity index (χ2n) is 7.37. The number of alkyl halides is 1. The molecule has 30 heavy (non-hydrogen) atoms. The van der Waals surface area contributed by atoms with Crippen molar-refractivity contribution in [3.63, 3.8) is 0 Å². The van der Waals surface area contributed by atoms with Crippen molar-refractivity contribution in [2.75, 3.05) is 30.4 Å². The second-order valence-corrected chi connectivity index (χ2v) is 10.6. The van der Waals surface area contributed by atoms with Crippen LogP contribution in [0.3, 0.4) is 0 Å². The van der Waals surface area contributed by atoms with E-state index in [-0.39, 0.29) is 4.21 Å². The molecular formula is C17H25ClN6O4S2. The minimum absolute atomic E-state index is 0.0617. The van der Waals surface area contributed by atoms with Crippen LogP contribution >= 0.6 is 22.9 Å². The summed E-state index contributed by atoms with van der Waals surface area (Å²) in [6.45, 7) is 5.03. The van der Waals surface area contributed by atoms with Crippen LogP contribution in [-0.4, -0.2) is 77.1 Å². The number of halogens is 1. The number of thiophene rings is 1. The Bertz CT molecular complexity index is 986. The molecule has 2 atom stereocenters. The molecular weight excluding hydrogens is 452 g/mol. The highest BCUT2D eigenvalue weighted by atomic mass is 35.5. The van der Waals surface area contributed by atoms with Crippen LogP contribution in [-0.2, 0) is 10.0 Å². The standard InChI is InChI=1S/C17H25ClN6O4S2/c1-17(2)14(25)22-16(26)24(17)10-9-23(8-6-18)15-20-7-5-11(21-15)12-3-4-13(29-12)30(19,27)28/h3-5,7,14,16,22,25-26H,6,8-10H2,1-2H3,(H2,19,27,28). The summed E-state index contributed by atoms with van der Waals surface area (Å²) in [6, 6.07) is 4.79. The normalized spacial score (nSPS) is 21.8. The zero-order chi connectivity index (χ0) is 22.1. The van der Waals surface area contributed by atoms with Crippen molar-refractivity contribution >= 4 is 38.9 Å². The Morgan fingerprint density at radius 3 is 2.63 bits per heavy atom.